The number of anilines is 1. The van der Waals surface area contributed by atoms with Gasteiger partial charge < -0.3 is 10.4 Å². The molecule has 2 amide bonds. The number of urea groups is 1. The second kappa shape index (κ2) is 7.93. The number of nitrogens with zero attached hydrogens (tertiary/aromatic N) is 1. The van der Waals surface area contributed by atoms with Crippen LogP contribution in [-0.4, -0.2) is 22.8 Å². The first-order chi connectivity index (χ1) is 12.5. The molecule has 0 aromatic heterocycles. The number of rotatable bonds is 4. The van der Waals surface area contributed by atoms with Crippen molar-refractivity contribution in [2.75, 3.05) is 5.32 Å². The van der Waals surface area contributed by atoms with Crippen LogP contribution in [0.15, 0.2) is 76.2 Å². The van der Waals surface area contributed by atoms with Gasteiger partial charge in [-0.2, -0.15) is 4.99 Å². The van der Waals surface area contributed by atoms with Crippen molar-refractivity contribution in [1.29, 1.82) is 0 Å². The van der Waals surface area contributed by atoms with Crippen molar-refractivity contribution in [1.82, 2.24) is 0 Å². The largest absolute Gasteiger partial charge is 0.477 e. The summed E-state index contributed by atoms with van der Waals surface area (Å²) in [6, 6.07) is 19.5. The van der Waals surface area contributed by atoms with E-state index in [0.29, 0.717) is 5.69 Å². The number of aliphatic carboxylic acids is 1. The van der Waals surface area contributed by atoms with Crippen molar-refractivity contribution in [2.45, 2.75) is 6.42 Å². The minimum atomic E-state index is -1.22. The number of amides is 2. The lowest BCUT2D eigenvalue weighted by molar-refractivity contribution is -0.129. The first-order valence-electron chi connectivity index (χ1n) is 7.87. The van der Waals surface area contributed by atoms with E-state index in [1.807, 2.05) is 48.5 Å². The zero-order valence-electron chi connectivity index (χ0n) is 13.6. The first kappa shape index (κ1) is 17.8. The Labute approximate surface area is 158 Å². The monoisotopic (exact) mass is 410 g/mol. The molecule has 0 bridgehead atoms. The molecule has 0 aliphatic heterocycles. The van der Waals surface area contributed by atoms with Crippen LogP contribution < -0.4 is 5.32 Å². The number of aliphatic imine (C=N–C) groups is 1. The molecule has 0 saturated carbocycles. The first-order valence-corrected chi connectivity index (χ1v) is 8.67. The third-order valence-corrected chi connectivity index (χ3v) is 4.50. The summed E-state index contributed by atoms with van der Waals surface area (Å²) >= 11 is 3.48. The molecule has 3 aromatic rings. The van der Waals surface area contributed by atoms with Crippen molar-refractivity contribution < 1.29 is 14.7 Å². The zero-order chi connectivity index (χ0) is 18.5. The molecular formula is C20H15BrN2O3. The highest BCUT2D eigenvalue weighted by atomic mass is 79.9. The number of hydrogen-bond acceptors (Lipinski definition) is 2. The Kier molecular flexibility index (Phi) is 5.43. The van der Waals surface area contributed by atoms with Gasteiger partial charge in [-0.05, 0) is 23.1 Å². The predicted octanol–water partition coefficient (Wildman–Crippen LogP) is 4.90. The number of carbonyl (C=O) groups is 2. The van der Waals surface area contributed by atoms with Crippen molar-refractivity contribution >= 4 is 50.1 Å². The molecule has 0 aliphatic rings. The van der Waals surface area contributed by atoms with Crippen molar-refractivity contribution in [3.05, 3.63) is 76.8 Å². The molecule has 3 rings (SSSR count). The van der Waals surface area contributed by atoms with Gasteiger partial charge in [-0.3, -0.25) is 0 Å². The van der Waals surface area contributed by atoms with Gasteiger partial charge in [0.25, 0.3) is 0 Å². The highest BCUT2D eigenvalue weighted by Gasteiger charge is 2.14. The maximum atomic E-state index is 12.3. The molecule has 6 heteroatoms. The van der Waals surface area contributed by atoms with Gasteiger partial charge in [0, 0.05) is 16.3 Å². The molecule has 0 atom stereocenters. The SMILES string of the molecule is O=C(/N=C(\Cc1ccccc1)C(=O)O)Nc1ccc(Br)c2ccccc12. The van der Waals surface area contributed by atoms with Gasteiger partial charge in [0.15, 0.2) is 0 Å². The van der Waals surface area contributed by atoms with E-state index in [1.54, 1.807) is 18.2 Å². The summed E-state index contributed by atoms with van der Waals surface area (Å²) in [5.74, 6) is -1.22. The number of carboxylic acids is 1. The molecule has 130 valence electrons. The van der Waals surface area contributed by atoms with Gasteiger partial charge in [0.2, 0.25) is 0 Å². The van der Waals surface area contributed by atoms with Crippen molar-refractivity contribution in [3.63, 3.8) is 0 Å². The van der Waals surface area contributed by atoms with Crippen LogP contribution in [0.2, 0.25) is 0 Å². The van der Waals surface area contributed by atoms with Gasteiger partial charge in [0.05, 0.1) is 5.69 Å². The molecular weight excluding hydrogens is 396 g/mol. The fourth-order valence-corrected chi connectivity index (χ4v) is 3.07. The molecule has 0 heterocycles. The van der Waals surface area contributed by atoms with Crippen LogP contribution in [0, 0.1) is 0 Å². The Morgan fingerprint density at radius 3 is 2.27 bits per heavy atom. The van der Waals surface area contributed by atoms with Gasteiger partial charge in [-0.15, -0.1) is 0 Å². The molecule has 0 unspecified atom stereocenters. The van der Waals surface area contributed by atoms with E-state index in [1.165, 1.54) is 0 Å². The summed E-state index contributed by atoms with van der Waals surface area (Å²) < 4.78 is 0.907. The van der Waals surface area contributed by atoms with Crippen LogP contribution in [-0.2, 0) is 11.2 Å². The highest BCUT2D eigenvalue weighted by Crippen LogP contribution is 2.30. The Hall–Kier alpha value is -2.99. The number of hydrogen-bond donors (Lipinski definition) is 2. The minimum absolute atomic E-state index is 0.0741. The van der Waals surface area contributed by atoms with E-state index in [-0.39, 0.29) is 12.1 Å². The third-order valence-electron chi connectivity index (χ3n) is 3.81. The Bertz CT molecular complexity index is 1000. The van der Waals surface area contributed by atoms with E-state index in [2.05, 4.69) is 26.2 Å². The molecule has 0 fully saturated rings. The number of carbonyl (C=O) groups excluding carboxylic acids is 1. The van der Waals surface area contributed by atoms with Crippen LogP contribution in [0.3, 0.4) is 0 Å². The lowest BCUT2D eigenvalue weighted by Gasteiger charge is -2.09. The zero-order valence-corrected chi connectivity index (χ0v) is 15.2. The van der Waals surface area contributed by atoms with Crippen LogP contribution in [0.1, 0.15) is 5.56 Å². The van der Waals surface area contributed by atoms with Gasteiger partial charge >= 0.3 is 12.0 Å². The fraction of sp³-hybridized carbons (Fsp3) is 0.0500. The highest BCUT2D eigenvalue weighted by molar-refractivity contribution is 9.10. The van der Waals surface area contributed by atoms with Gasteiger partial charge in [0.1, 0.15) is 5.71 Å². The third kappa shape index (κ3) is 4.15. The predicted molar refractivity (Wildman–Crippen MR) is 106 cm³/mol. The maximum absolute atomic E-state index is 12.3. The van der Waals surface area contributed by atoms with E-state index < -0.39 is 12.0 Å². The molecule has 0 spiro atoms. The number of carboxylic acid groups (broad SMARTS) is 1. The number of halogens is 1. The smallest absolute Gasteiger partial charge is 0.350 e. The number of nitrogens with one attached hydrogen (secondary N) is 1. The summed E-state index contributed by atoms with van der Waals surface area (Å²) in [4.78, 5) is 27.5. The Morgan fingerprint density at radius 1 is 0.923 bits per heavy atom. The summed E-state index contributed by atoms with van der Waals surface area (Å²) in [5, 5.41) is 13.8. The van der Waals surface area contributed by atoms with Crippen LogP contribution in [0.25, 0.3) is 10.8 Å². The van der Waals surface area contributed by atoms with E-state index in [0.717, 1.165) is 20.8 Å². The lowest BCUT2D eigenvalue weighted by Crippen LogP contribution is -2.20. The minimum Gasteiger partial charge on any atom is -0.477 e. The maximum Gasteiger partial charge on any atom is 0.350 e. The Balaban J connectivity index is 1.86. The quantitative estimate of drug-likeness (QED) is 0.600. The second-order valence-electron chi connectivity index (χ2n) is 5.60. The molecule has 26 heavy (non-hydrogen) atoms. The van der Waals surface area contributed by atoms with Gasteiger partial charge in [-0.1, -0.05) is 70.5 Å². The molecule has 0 aliphatic carbocycles. The molecule has 3 aromatic carbocycles. The van der Waals surface area contributed by atoms with Crippen LogP contribution in [0.5, 0.6) is 0 Å². The van der Waals surface area contributed by atoms with Gasteiger partial charge in [-0.25, -0.2) is 9.59 Å². The van der Waals surface area contributed by atoms with E-state index in [4.69, 9.17) is 0 Å². The molecule has 0 saturated heterocycles. The van der Waals surface area contributed by atoms with Crippen LogP contribution >= 0.6 is 15.9 Å². The molecule has 0 radical (unpaired) electrons. The fourth-order valence-electron chi connectivity index (χ4n) is 2.59. The number of fused-ring (bicyclic) bond motifs is 1. The van der Waals surface area contributed by atoms with Crippen molar-refractivity contribution in [3.8, 4) is 0 Å². The standard InChI is InChI=1S/C20H15BrN2O3/c21-16-10-11-17(15-9-5-4-8-14(15)16)22-20(26)23-18(19(24)25)12-13-6-2-1-3-7-13/h1-11H,12H2,(H,22,26)(H,24,25)/b23-18+. The Morgan fingerprint density at radius 2 is 1.58 bits per heavy atom. The molecule has 2 N–H and O–H groups in total. The topological polar surface area (TPSA) is 78.8 Å². The average Bonchev–Trinajstić information content (AvgIpc) is 2.64. The van der Waals surface area contributed by atoms with E-state index in [9.17, 15) is 14.7 Å². The second-order valence-corrected chi connectivity index (χ2v) is 6.45. The molecule has 5 nitrogen and oxygen atoms in total. The van der Waals surface area contributed by atoms with Crippen LogP contribution in [0.4, 0.5) is 10.5 Å². The average molecular weight is 411 g/mol. The summed E-state index contributed by atoms with van der Waals surface area (Å²) in [6.07, 6.45) is 0.0741. The van der Waals surface area contributed by atoms with Crippen molar-refractivity contribution in [2.24, 2.45) is 4.99 Å². The number of benzene rings is 3. The van der Waals surface area contributed by atoms with E-state index >= 15 is 0 Å². The normalized spacial score (nSPS) is 11.3. The lowest BCUT2D eigenvalue weighted by atomic mass is 10.1. The summed E-state index contributed by atoms with van der Waals surface area (Å²) in [7, 11) is 0. The summed E-state index contributed by atoms with van der Waals surface area (Å²) in [5.41, 5.74) is 1.13. The summed E-state index contributed by atoms with van der Waals surface area (Å²) in [6.45, 7) is 0.